The third-order valence-electron chi connectivity index (χ3n) is 1.08. The zero-order chi connectivity index (χ0) is 6.85. The van der Waals surface area contributed by atoms with Crippen LogP contribution in [-0.4, -0.2) is 9.78 Å². The number of aromatic nitrogens is 2. The van der Waals surface area contributed by atoms with E-state index in [4.69, 9.17) is 5.73 Å². The number of rotatable bonds is 1. The van der Waals surface area contributed by atoms with E-state index in [0.29, 0.717) is 5.69 Å². The van der Waals surface area contributed by atoms with Gasteiger partial charge in [0, 0.05) is 13.2 Å². The van der Waals surface area contributed by atoms with Crippen LogP contribution in [0.2, 0.25) is 0 Å². The second kappa shape index (κ2) is 1.93. The lowest BCUT2D eigenvalue weighted by atomic mass is 10.4. The Balaban J connectivity index is 3.15. The van der Waals surface area contributed by atoms with Gasteiger partial charge in [-0.3, -0.25) is 4.68 Å². The SMILES string of the molecule is C=Cc1nn(C)cc1N. The molecule has 1 rings (SSSR count). The first-order chi connectivity index (χ1) is 4.24. The van der Waals surface area contributed by atoms with Crippen LogP contribution >= 0.6 is 0 Å². The Kier molecular flexibility index (Phi) is 1.26. The van der Waals surface area contributed by atoms with Crippen LogP contribution in [0.5, 0.6) is 0 Å². The Labute approximate surface area is 53.8 Å². The average Bonchev–Trinajstić information content (AvgIpc) is 2.10. The molecule has 1 heterocycles. The molecule has 0 saturated heterocycles. The van der Waals surface area contributed by atoms with Gasteiger partial charge in [0.15, 0.2) is 0 Å². The molecule has 3 nitrogen and oxygen atoms in total. The fraction of sp³-hybridized carbons (Fsp3) is 0.167. The Morgan fingerprint density at radius 2 is 2.56 bits per heavy atom. The molecule has 0 atom stereocenters. The van der Waals surface area contributed by atoms with Crippen molar-refractivity contribution in [1.29, 1.82) is 0 Å². The standard InChI is InChI=1S/C6H9N3/c1-3-6-5(7)4-9(2)8-6/h3-4H,1,7H2,2H3. The third-order valence-corrected chi connectivity index (χ3v) is 1.08. The molecular weight excluding hydrogens is 114 g/mol. The highest BCUT2D eigenvalue weighted by Gasteiger charge is 1.96. The van der Waals surface area contributed by atoms with Crippen molar-refractivity contribution in [3.63, 3.8) is 0 Å². The van der Waals surface area contributed by atoms with Gasteiger partial charge in [-0.2, -0.15) is 5.10 Å². The van der Waals surface area contributed by atoms with Crippen LogP contribution in [0, 0.1) is 0 Å². The maximum atomic E-state index is 5.50. The molecule has 1 aromatic rings. The summed E-state index contributed by atoms with van der Waals surface area (Å²) in [5, 5.41) is 4.00. The van der Waals surface area contributed by atoms with Gasteiger partial charge in [0.25, 0.3) is 0 Å². The van der Waals surface area contributed by atoms with Crippen LogP contribution in [0.3, 0.4) is 0 Å². The molecule has 9 heavy (non-hydrogen) atoms. The average molecular weight is 123 g/mol. The number of nitrogens with zero attached hydrogens (tertiary/aromatic N) is 2. The summed E-state index contributed by atoms with van der Waals surface area (Å²) >= 11 is 0. The summed E-state index contributed by atoms with van der Waals surface area (Å²) in [6, 6.07) is 0. The highest BCUT2D eigenvalue weighted by molar-refractivity contribution is 5.58. The van der Waals surface area contributed by atoms with E-state index in [1.807, 2.05) is 7.05 Å². The van der Waals surface area contributed by atoms with E-state index in [0.717, 1.165) is 5.69 Å². The molecule has 0 bridgehead atoms. The fourth-order valence-electron chi connectivity index (χ4n) is 0.683. The maximum Gasteiger partial charge on any atom is 0.107 e. The number of anilines is 1. The van der Waals surface area contributed by atoms with Gasteiger partial charge in [0.05, 0.1) is 5.69 Å². The summed E-state index contributed by atoms with van der Waals surface area (Å²) in [6.45, 7) is 3.55. The van der Waals surface area contributed by atoms with Gasteiger partial charge < -0.3 is 5.73 Å². The zero-order valence-electron chi connectivity index (χ0n) is 5.33. The second-order valence-electron chi connectivity index (χ2n) is 1.85. The number of nitrogen functional groups attached to an aromatic ring is 1. The van der Waals surface area contributed by atoms with E-state index < -0.39 is 0 Å². The lowest BCUT2D eigenvalue weighted by molar-refractivity contribution is 0.765. The number of hydrogen-bond donors (Lipinski definition) is 1. The summed E-state index contributed by atoms with van der Waals surface area (Å²) in [6.07, 6.45) is 3.38. The first-order valence-corrected chi connectivity index (χ1v) is 2.65. The van der Waals surface area contributed by atoms with Gasteiger partial charge in [0.2, 0.25) is 0 Å². The first-order valence-electron chi connectivity index (χ1n) is 2.65. The van der Waals surface area contributed by atoms with Crippen molar-refractivity contribution < 1.29 is 0 Å². The van der Waals surface area contributed by atoms with Crippen molar-refractivity contribution in [1.82, 2.24) is 9.78 Å². The molecule has 0 aromatic carbocycles. The van der Waals surface area contributed by atoms with Gasteiger partial charge in [-0.15, -0.1) is 0 Å². The molecule has 2 N–H and O–H groups in total. The van der Waals surface area contributed by atoms with Crippen LogP contribution in [-0.2, 0) is 7.05 Å². The van der Waals surface area contributed by atoms with Crippen LogP contribution in [0.4, 0.5) is 5.69 Å². The monoisotopic (exact) mass is 123 g/mol. The summed E-state index contributed by atoms with van der Waals surface area (Å²) < 4.78 is 1.66. The summed E-state index contributed by atoms with van der Waals surface area (Å²) in [4.78, 5) is 0. The maximum absolute atomic E-state index is 5.50. The van der Waals surface area contributed by atoms with Crippen LogP contribution in [0.15, 0.2) is 12.8 Å². The Morgan fingerprint density at radius 3 is 2.78 bits per heavy atom. The molecule has 0 fully saturated rings. The van der Waals surface area contributed by atoms with Crippen molar-refractivity contribution in [3.8, 4) is 0 Å². The normalized spacial score (nSPS) is 9.44. The van der Waals surface area contributed by atoms with Gasteiger partial charge >= 0.3 is 0 Å². The second-order valence-corrected chi connectivity index (χ2v) is 1.85. The highest BCUT2D eigenvalue weighted by Crippen LogP contribution is 2.07. The van der Waals surface area contributed by atoms with Crippen LogP contribution in [0.1, 0.15) is 5.69 Å². The van der Waals surface area contributed by atoms with E-state index in [-0.39, 0.29) is 0 Å². The van der Waals surface area contributed by atoms with Crippen molar-refractivity contribution in [2.24, 2.45) is 7.05 Å². The largest absolute Gasteiger partial charge is 0.396 e. The molecule has 0 radical (unpaired) electrons. The summed E-state index contributed by atoms with van der Waals surface area (Å²) in [7, 11) is 1.82. The third kappa shape index (κ3) is 0.937. The quantitative estimate of drug-likeness (QED) is 0.595. The van der Waals surface area contributed by atoms with Crippen LogP contribution < -0.4 is 5.73 Å². The Bertz CT molecular complexity index is 224. The molecule has 0 amide bonds. The lowest BCUT2D eigenvalue weighted by Gasteiger charge is -1.81. The van der Waals surface area contributed by atoms with Gasteiger partial charge in [-0.05, 0) is 6.08 Å². The van der Waals surface area contributed by atoms with Crippen LogP contribution in [0.25, 0.3) is 6.08 Å². The van der Waals surface area contributed by atoms with Gasteiger partial charge in [-0.1, -0.05) is 6.58 Å². The predicted molar refractivity (Wildman–Crippen MR) is 37.7 cm³/mol. The van der Waals surface area contributed by atoms with E-state index in [2.05, 4.69) is 11.7 Å². The highest BCUT2D eigenvalue weighted by atomic mass is 15.3. The molecule has 0 aliphatic rings. The van der Waals surface area contributed by atoms with Gasteiger partial charge in [-0.25, -0.2) is 0 Å². The summed E-state index contributed by atoms with van der Waals surface area (Å²) in [5.74, 6) is 0. The number of aryl methyl sites for hydroxylation is 1. The summed E-state index contributed by atoms with van der Waals surface area (Å²) in [5.41, 5.74) is 6.92. The van der Waals surface area contributed by atoms with Crippen molar-refractivity contribution in [2.75, 3.05) is 5.73 Å². The molecule has 0 aliphatic heterocycles. The molecule has 0 spiro atoms. The van der Waals surface area contributed by atoms with E-state index in [9.17, 15) is 0 Å². The minimum Gasteiger partial charge on any atom is -0.396 e. The van der Waals surface area contributed by atoms with Gasteiger partial charge in [0.1, 0.15) is 5.69 Å². The van der Waals surface area contributed by atoms with Crippen molar-refractivity contribution in [3.05, 3.63) is 18.5 Å². The predicted octanol–water partition coefficient (Wildman–Crippen LogP) is 0.645. The number of nitrogens with two attached hydrogens (primary N) is 1. The fourth-order valence-corrected chi connectivity index (χ4v) is 0.683. The zero-order valence-corrected chi connectivity index (χ0v) is 5.33. The Morgan fingerprint density at radius 1 is 1.89 bits per heavy atom. The van der Waals surface area contributed by atoms with E-state index in [1.54, 1.807) is 17.0 Å². The molecule has 0 unspecified atom stereocenters. The molecule has 0 saturated carbocycles. The molecule has 3 heteroatoms. The van der Waals surface area contributed by atoms with E-state index >= 15 is 0 Å². The van der Waals surface area contributed by atoms with E-state index in [1.165, 1.54) is 0 Å². The number of hydrogen-bond acceptors (Lipinski definition) is 2. The smallest absolute Gasteiger partial charge is 0.107 e. The first kappa shape index (κ1) is 5.88. The molecule has 1 aromatic heterocycles. The topological polar surface area (TPSA) is 43.8 Å². The lowest BCUT2D eigenvalue weighted by Crippen LogP contribution is -1.86. The molecular formula is C6H9N3. The molecule has 0 aliphatic carbocycles. The minimum absolute atomic E-state index is 0.674. The minimum atomic E-state index is 0.674. The molecule has 48 valence electrons. The van der Waals surface area contributed by atoms with Crippen molar-refractivity contribution in [2.45, 2.75) is 0 Å². The Hall–Kier alpha value is -1.25. The van der Waals surface area contributed by atoms with Crippen molar-refractivity contribution >= 4 is 11.8 Å².